The Bertz CT molecular complexity index is 449. The summed E-state index contributed by atoms with van der Waals surface area (Å²) in [6.07, 6.45) is 2.23. The highest BCUT2D eigenvalue weighted by Gasteiger charge is 2.18. The summed E-state index contributed by atoms with van der Waals surface area (Å²) < 4.78 is 0. The maximum Gasteiger partial charge on any atom is 0.173 e. The Balaban J connectivity index is 1.96. The number of carbonyl (C=O) groups is 1. The average molecular weight is 262 g/mol. The molecule has 1 aromatic carbocycles. The lowest BCUT2D eigenvalue weighted by Gasteiger charge is -2.28. The molecule has 1 aliphatic rings. The second-order valence-corrected chi connectivity index (χ2v) is 4.90. The molecule has 0 amide bonds. The van der Waals surface area contributed by atoms with Gasteiger partial charge in [-0.15, -0.1) is 0 Å². The Morgan fingerprint density at radius 1 is 1.39 bits per heavy atom. The minimum absolute atomic E-state index is 0.335. The van der Waals surface area contributed by atoms with Gasteiger partial charge in [0.25, 0.3) is 0 Å². The average Bonchev–Trinajstić information content (AvgIpc) is 2.39. The summed E-state index contributed by atoms with van der Waals surface area (Å²) in [4.78, 5) is 13.2. The molecule has 3 nitrogen and oxygen atoms in total. The first kappa shape index (κ1) is 13.0. The zero-order valence-corrected chi connectivity index (χ0v) is 11.4. The van der Waals surface area contributed by atoms with E-state index in [1.807, 2.05) is 12.1 Å². The van der Waals surface area contributed by atoms with Gasteiger partial charge in [-0.3, -0.25) is 4.79 Å². The van der Waals surface area contributed by atoms with Crippen LogP contribution in [0.15, 0.2) is 24.3 Å². The van der Waals surface area contributed by atoms with Crippen LogP contribution in [0.2, 0.25) is 0 Å². The number of nitrogens with one attached hydrogen (secondary N) is 1. The molecule has 0 bridgehead atoms. The Morgan fingerprint density at radius 2 is 2.11 bits per heavy atom. The molecule has 1 aliphatic heterocycles. The van der Waals surface area contributed by atoms with Gasteiger partial charge in [-0.1, -0.05) is 19.1 Å². The summed E-state index contributed by atoms with van der Waals surface area (Å²) in [6.45, 7) is 3.60. The zero-order valence-electron chi connectivity index (χ0n) is 10.6. The van der Waals surface area contributed by atoms with Gasteiger partial charge in [0.15, 0.2) is 5.11 Å². The number of nitrogens with zero attached hydrogens (tertiary/aromatic N) is 1. The van der Waals surface area contributed by atoms with Crippen molar-refractivity contribution in [2.24, 2.45) is 0 Å². The maximum absolute atomic E-state index is 11.2. The molecule has 0 spiro atoms. The first-order valence-electron chi connectivity index (χ1n) is 6.35. The first-order valence-corrected chi connectivity index (χ1v) is 6.76. The van der Waals surface area contributed by atoms with E-state index in [-0.39, 0.29) is 0 Å². The predicted octanol–water partition coefficient (Wildman–Crippen LogP) is 2.61. The van der Waals surface area contributed by atoms with Gasteiger partial charge in [-0.25, -0.2) is 0 Å². The van der Waals surface area contributed by atoms with E-state index >= 15 is 0 Å². The lowest BCUT2D eigenvalue weighted by atomic mass is 10.1. The smallest absolute Gasteiger partial charge is 0.173 e. The van der Waals surface area contributed by atoms with Crippen LogP contribution < -0.4 is 5.32 Å². The summed E-state index contributed by atoms with van der Waals surface area (Å²) in [6, 6.07) is 8.26. The molecule has 4 heteroatoms. The summed E-state index contributed by atoms with van der Waals surface area (Å²) in [5, 5.41) is 3.97. The maximum atomic E-state index is 11.2. The van der Waals surface area contributed by atoms with Crippen LogP contribution >= 0.6 is 12.2 Å². The lowest BCUT2D eigenvalue weighted by Crippen LogP contribution is -2.41. The fourth-order valence-electron chi connectivity index (χ4n) is 2.03. The number of hydrogen-bond donors (Lipinski definition) is 1. The van der Waals surface area contributed by atoms with Gasteiger partial charge in [-0.05, 0) is 36.3 Å². The molecule has 0 unspecified atom stereocenters. The zero-order chi connectivity index (χ0) is 13.0. The van der Waals surface area contributed by atoms with Gasteiger partial charge >= 0.3 is 0 Å². The summed E-state index contributed by atoms with van der Waals surface area (Å²) in [5.74, 6) is 0.335. The van der Waals surface area contributed by atoms with Crippen LogP contribution in [-0.4, -0.2) is 28.9 Å². The van der Waals surface area contributed by atoms with Crippen LogP contribution in [0.5, 0.6) is 0 Å². The fraction of sp³-hybridized carbons (Fsp3) is 0.429. The Morgan fingerprint density at radius 3 is 2.78 bits per heavy atom. The second-order valence-electron chi connectivity index (χ2n) is 4.51. The third kappa shape index (κ3) is 3.29. The van der Waals surface area contributed by atoms with Gasteiger partial charge in [0.05, 0.1) is 0 Å². The number of aryl methyl sites for hydroxylation is 1. The van der Waals surface area contributed by atoms with E-state index in [1.54, 1.807) is 0 Å². The van der Waals surface area contributed by atoms with Crippen molar-refractivity contribution in [2.45, 2.75) is 26.2 Å². The number of benzene rings is 1. The molecular weight excluding hydrogens is 244 g/mol. The van der Waals surface area contributed by atoms with E-state index in [0.717, 1.165) is 30.3 Å². The molecule has 0 saturated carbocycles. The van der Waals surface area contributed by atoms with E-state index in [1.165, 1.54) is 5.56 Å². The van der Waals surface area contributed by atoms with Gasteiger partial charge in [0.1, 0.15) is 5.78 Å². The van der Waals surface area contributed by atoms with Gasteiger partial charge in [0.2, 0.25) is 0 Å². The number of rotatable bonds is 2. The SMILES string of the molecule is CCc1cccc(NC(=S)N2CCC(=O)CC2)c1. The quantitative estimate of drug-likeness (QED) is 0.830. The monoisotopic (exact) mass is 262 g/mol. The molecule has 1 N–H and O–H groups in total. The standard InChI is InChI=1S/C14H18N2OS/c1-2-11-4-3-5-12(10-11)15-14(18)16-8-6-13(17)7-9-16/h3-5,10H,2,6-9H2,1H3,(H,15,18). The number of piperidine rings is 1. The predicted molar refractivity (Wildman–Crippen MR) is 77.9 cm³/mol. The van der Waals surface area contributed by atoms with E-state index in [0.29, 0.717) is 18.6 Å². The van der Waals surface area contributed by atoms with Crippen LogP contribution in [0, 0.1) is 0 Å². The van der Waals surface area contributed by atoms with Crippen LogP contribution in [0.1, 0.15) is 25.3 Å². The molecule has 0 atom stereocenters. The van der Waals surface area contributed by atoms with Gasteiger partial charge in [0, 0.05) is 31.6 Å². The lowest BCUT2D eigenvalue weighted by molar-refractivity contribution is -0.120. The Kier molecular flexibility index (Phi) is 4.31. The Hall–Kier alpha value is -1.42. The molecule has 18 heavy (non-hydrogen) atoms. The van der Waals surface area contributed by atoms with E-state index < -0.39 is 0 Å². The topological polar surface area (TPSA) is 32.3 Å². The molecule has 1 heterocycles. The van der Waals surface area contributed by atoms with Crippen LogP contribution in [0.3, 0.4) is 0 Å². The van der Waals surface area contributed by atoms with Crippen molar-refractivity contribution in [3.05, 3.63) is 29.8 Å². The molecule has 1 aromatic rings. The highest BCUT2D eigenvalue weighted by molar-refractivity contribution is 7.80. The van der Waals surface area contributed by atoms with Crippen molar-refractivity contribution in [2.75, 3.05) is 18.4 Å². The van der Waals surface area contributed by atoms with Crippen LogP contribution in [0.25, 0.3) is 0 Å². The number of likely N-dealkylation sites (tertiary alicyclic amines) is 1. The van der Waals surface area contributed by atoms with Gasteiger partial charge in [-0.2, -0.15) is 0 Å². The van der Waals surface area contributed by atoms with Crippen molar-refractivity contribution in [1.82, 2.24) is 4.90 Å². The third-order valence-corrected chi connectivity index (χ3v) is 3.56. The molecule has 0 aliphatic carbocycles. The molecular formula is C14H18N2OS. The third-order valence-electron chi connectivity index (χ3n) is 3.19. The molecule has 0 aromatic heterocycles. The molecule has 1 saturated heterocycles. The summed E-state index contributed by atoms with van der Waals surface area (Å²) in [5.41, 5.74) is 2.31. The first-order chi connectivity index (χ1) is 8.69. The fourth-order valence-corrected chi connectivity index (χ4v) is 2.33. The van der Waals surface area contributed by atoms with Crippen molar-refractivity contribution >= 4 is 28.8 Å². The number of carbonyl (C=O) groups excluding carboxylic acids is 1. The Labute approximate surface area is 113 Å². The summed E-state index contributed by atoms with van der Waals surface area (Å²) >= 11 is 5.38. The number of thiocarbonyl (C=S) groups is 1. The molecule has 96 valence electrons. The molecule has 2 rings (SSSR count). The van der Waals surface area contributed by atoms with E-state index in [9.17, 15) is 4.79 Å². The highest BCUT2D eigenvalue weighted by Crippen LogP contribution is 2.13. The van der Waals surface area contributed by atoms with E-state index in [4.69, 9.17) is 12.2 Å². The van der Waals surface area contributed by atoms with Crippen molar-refractivity contribution < 1.29 is 4.79 Å². The van der Waals surface area contributed by atoms with Crippen molar-refractivity contribution in [1.29, 1.82) is 0 Å². The number of Topliss-reactive ketones (excluding diaryl/α,β-unsaturated/α-hetero) is 1. The number of anilines is 1. The van der Waals surface area contributed by atoms with Crippen molar-refractivity contribution in [3.63, 3.8) is 0 Å². The largest absolute Gasteiger partial charge is 0.348 e. The molecule has 1 fully saturated rings. The normalized spacial score (nSPS) is 15.6. The summed E-state index contributed by atoms with van der Waals surface area (Å²) in [7, 11) is 0. The minimum Gasteiger partial charge on any atom is -0.348 e. The number of ketones is 1. The van der Waals surface area contributed by atoms with Crippen molar-refractivity contribution in [3.8, 4) is 0 Å². The minimum atomic E-state index is 0.335. The van der Waals surface area contributed by atoms with Crippen LogP contribution in [-0.2, 0) is 11.2 Å². The molecule has 0 radical (unpaired) electrons. The number of hydrogen-bond acceptors (Lipinski definition) is 2. The van der Waals surface area contributed by atoms with Crippen LogP contribution in [0.4, 0.5) is 5.69 Å². The second kappa shape index (κ2) is 5.96. The highest BCUT2D eigenvalue weighted by atomic mass is 32.1. The van der Waals surface area contributed by atoms with E-state index in [2.05, 4.69) is 29.3 Å². The van der Waals surface area contributed by atoms with Gasteiger partial charge < -0.3 is 10.2 Å².